The van der Waals surface area contributed by atoms with E-state index in [1.807, 2.05) is 12.2 Å². The van der Waals surface area contributed by atoms with Crippen LogP contribution in [0.2, 0.25) is 0 Å². The van der Waals surface area contributed by atoms with Crippen LogP contribution in [0.1, 0.15) is 5.69 Å². The summed E-state index contributed by atoms with van der Waals surface area (Å²) in [5.41, 5.74) is 6.29. The minimum atomic E-state index is 0.522. The van der Waals surface area contributed by atoms with Crippen molar-refractivity contribution in [2.24, 2.45) is 0 Å². The number of aromatic amines is 1. The molecule has 3 N–H and O–H groups in total. The molecule has 0 aliphatic rings. The van der Waals surface area contributed by atoms with Crippen LogP contribution in [0.5, 0.6) is 0 Å². The fourth-order valence-corrected chi connectivity index (χ4v) is 0.797. The molecule has 0 atom stereocenters. The van der Waals surface area contributed by atoms with Crippen molar-refractivity contribution < 1.29 is 0 Å². The number of nitrogens with zero attached hydrogens (tertiary/aromatic N) is 1. The van der Waals surface area contributed by atoms with E-state index in [9.17, 15) is 0 Å². The second-order valence-electron chi connectivity index (χ2n) is 1.80. The lowest BCUT2D eigenvalue weighted by Gasteiger charge is -1.78. The van der Waals surface area contributed by atoms with Crippen LogP contribution in [0.3, 0.4) is 0 Å². The number of nitrogen functional groups attached to an aromatic ring is 1. The number of hydrogen-bond acceptors (Lipinski definition) is 2. The molecule has 1 rings (SSSR count). The maximum absolute atomic E-state index is 5.36. The molecule has 1 heterocycles. The van der Waals surface area contributed by atoms with E-state index in [-0.39, 0.29) is 0 Å². The Morgan fingerprint density at radius 2 is 2.60 bits per heavy atom. The van der Waals surface area contributed by atoms with Crippen molar-refractivity contribution in [1.29, 1.82) is 0 Å². The van der Waals surface area contributed by atoms with E-state index in [0.717, 1.165) is 11.0 Å². The molecule has 3 nitrogen and oxygen atoms in total. The third-order valence-electron chi connectivity index (χ3n) is 1.00. The fourth-order valence-electron chi connectivity index (χ4n) is 0.610. The van der Waals surface area contributed by atoms with E-state index in [2.05, 4.69) is 26.1 Å². The molecule has 0 bridgehead atoms. The van der Waals surface area contributed by atoms with Crippen LogP contribution in [-0.2, 0) is 0 Å². The normalized spacial score (nSPS) is 10.9. The van der Waals surface area contributed by atoms with Gasteiger partial charge in [-0.2, -0.15) is 5.10 Å². The molecule has 1 aromatic heterocycles. The molecule has 0 radical (unpaired) electrons. The lowest BCUT2D eigenvalue weighted by molar-refractivity contribution is 1.09. The van der Waals surface area contributed by atoms with Gasteiger partial charge in [0.2, 0.25) is 0 Å². The van der Waals surface area contributed by atoms with Crippen LogP contribution < -0.4 is 5.73 Å². The van der Waals surface area contributed by atoms with Crippen molar-refractivity contribution in [1.82, 2.24) is 10.2 Å². The predicted molar refractivity (Wildman–Crippen MR) is 45.8 cm³/mol. The maximum atomic E-state index is 5.36. The molecular formula is C6H8BrN3. The molecule has 0 saturated heterocycles. The SMILES string of the molecule is Nc1cc(C=CCBr)[nH]n1. The average molecular weight is 202 g/mol. The molecule has 0 unspecified atom stereocenters. The summed E-state index contributed by atoms with van der Waals surface area (Å²) >= 11 is 3.26. The molecule has 0 fully saturated rings. The van der Waals surface area contributed by atoms with Crippen molar-refractivity contribution in [3.05, 3.63) is 17.8 Å². The molecule has 0 aromatic carbocycles. The highest BCUT2D eigenvalue weighted by atomic mass is 79.9. The zero-order chi connectivity index (χ0) is 7.40. The van der Waals surface area contributed by atoms with Gasteiger partial charge in [0.05, 0.1) is 5.69 Å². The Kier molecular flexibility index (Phi) is 2.50. The van der Waals surface area contributed by atoms with Crippen molar-refractivity contribution in [3.63, 3.8) is 0 Å². The number of nitrogens with one attached hydrogen (secondary N) is 1. The summed E-state index contributed by atoms with van der Waals surface area (Å²) in [5, 5.41) is 7.35. The standard InChI is InChI=1S/C6H8BrN3/c7-3-1-2-5-4-6(8)10-9-5/h1-2,4H,3H2,(H3,8,9,10). The zero-order valence-corrected chi connectivity index (χ0v) is 6.93. The summed E-state index contributed by atoms with van der Waals surface area (Å²) in [6, 6.07) is 1.78. The average Bonchev–Trinajstić information content (AvgIpc) is 2.31. The number of hydrogen-bond donors (Lipinski definition) is 2. The van der Waals surface area contributed by atoms with Gasteiger partial charge < -0.3 is 5.73 Å². The topological polar surface area (TPSA) is 54.7 Å². The van der Waals surface area contributed by atoms with Gasteiger partial charge in [0, 0.05) is 11.4 Å². The Balaban J connectivity index is 2.67. The summed E-state index contributed by atoms with van der Waals surface area (Å²) in [6.07, 6.45) is 3.88. The molecule has 1 aromatic rings. The van der Waals surface area contributed by atoms with Crippen LogP contribution in [0.25, 0.3) is 6.08 Å². The Hall–Kier alpha value is -0.770. The third kappa shape index (κ3) is 1.88. The lowest BCUT2D eigenvalue weighted by Crippen LogP contribution is -1.81. The number of aromatic nitrogens is 2. The van der Waals surface area contributed by atoms with Gasteiger partial charge in [0.25, 0.3) is 0 Å². The Morgan fingerprint density at radius 3 is 3.10 bits per heavy atom. The van der Waals surface area contributed by atoms with Crippen molar-refractivity contribution in [2.45, 2.75) is 0 Å². The zero-order valence-electron chi connectivity index (χ0n) is 5.34. The number of alkyl halides is 1. The highest BCUT2D eigenvalue weighted by Crippen LogP contribution is 2.02. The van der Waals surface area contributed by atoms with Gasteiger partial charge in [-0.25, -0.2) is 0 Å². The van der Waals surface area contributed by atoms with Gasteiger partial charge in [0.1, 0.15) is 5.82 Å². The predicted octanol–water partition coefficient (Wildman–Crippen LogP) is 1.40. The Labute approximate surface area is 67.4 Å². The van der Waals surface area contributed by atoms with Crippen LogP contribution in [0.4, 0.5) is 5.82 Å². The summed E-state index contributed by atoms with van der Waals surface area (Å²) in [4.78, 5) is 0. The highest BCUT2D eigenvalue weighted by Gasteiger charge is 1.89. The Morgan fingerprint density at radius 1 is 1.80 bits per heavy atom. The van der Waals surface area contributed by atoms with Gasteiger partial charge >= 0.3 is 0 Å². The maximum Gasteiger partial charge on any atom is 0.145 e. The summed E-state index contributed by atoms with van der Waals surface area (Å²) in [6.45, 7) is 0. The van der Waals surface area contributed by atoms with E-state index >= 15 is 0 Å². The Bertz CT molecular complexity index is 229. The van der Waals surface area contributed by atoms with E-state index in [1.165, 1.54) is 0 Å². The first-order chi connectivity index (χ1) is 4.83. The number of halogens is 1. The van der Waals surface area contributed by atoms with Gasteiger partial charge in [-0.05, 0) is 6.08 Å². The van der Waals surface area contributed by atoms with Crippen LogP contribution in [0.15, 0.2) is 12.1 Å². The molecular weight excluding hydrogens is 194 g/mol. The monoisotopic (exact) mass is 201 g/mol. The number of anilines is 1. The number of nitrogens with two attached hydrogens (primary N) is 1. The first kappa shape index (κ1) is 7.34. The molecule has 0 saturated carbocycles. The van der Waals surface area contributed by atoms with E-state index in [1.54, 1.807) is 6.07 Å². The number of allylic oxidation sites excluding steroid dienone is 1. The highest BCUT2D eigenvalue weighted by molar-refractivity contribution is 9.09. The molecule has 0 amide bonds. The third-order valence-corrected chi connectivity index (χ3v) is 1.38. The van der Waals surface area contributed by atoms with Gasteiger partial charge in [0.15, 0.2) is 0 Å². The van der Waals surface area contributed by atoms with Gasteiger partial charge in [-0.1, -0.05) is 22.0 Å². The lowest BCUT2D eigenvalue weighted by atomic mass is 10.4. The van der Waals surface area contributed by atoms with E-state index in [4.69, 9.17) is 5.73 Å². The van der Waals surface area contributed by atoms with E-state index < -0.39 is 0 Å². The summed E-state index contributed by atoms with van der Waals surface area (Å²) in [7, 11) is 0. The minimum Gasteiger partial charge on any atom is -0.382 e. The van der Waals surface area contributed by atoms with Crippen molar-refractivity contribution >= 4 is 27.8 Å². The van der Waals surface area contributed by atoms with Crippen molar-refractivity contribution in [3.8, 4) is 0 Å². The largest absolute Gasteiger partial charge is 0.382 e. The first-order valence-electron chi connectivity index (χ1n) is 2.86. The van der Waals surface area contributed by atoms with E-state index in [0.29, 0.717) is 5.82 Å². The van der Waals surface area contributed by atoms with Gasteiger partial charge in [-0.15, -0.1) is 0 Å². The van der Waals surface area contributed by atoms with Crippen LogP contribution in [0, 0.1) is 0 Å². The smallest absolute Gasteiger partial charge is 0.145 e. The van der Waals surface area contributed by atoms with Crippen LogP contribution in [-0.4, -0.2) is 15.5 Å². The molecule has 54 valence electrons. The fraction of sp³-hybridized carbons (Fsp3) is 0.167. The first-order valence-corrected chi connectivity index (χ1v) is 3.98. The number of rotatable bonds is 2. The minimum absolute atomic E-state index is 0.522. The molecule has 10 heavy (non-hydrogen) atoms. The second-order valence-corrected chi connectivity index (χ2v) is 2.45. The van der Waals surface area contributed by atoms with Crippen molar-refractivity contribution in [2.75, 3.05) is 11.1 Å². The quantitative estimate of drug-likeness (QED) is 0.712. The molecule has 0 spiro atoms. The summed E-state index contributed by atoms with van der Waals surface area (Å²) in [5.74, 6) is 0.522. The molecule has 0 aliphatic heterocycles. The van der Waals surface area contributed by atoms with Crippen LogP contribution >= 0.6 is 15.9 Å². The molecule has 4 heteroatoms. The van der Waals surface area contributed by atoms with Gasteiger partial charge in [-0.3, -0.25) is 5.10 Å². The second kappa shape index (κ2) is 3.41. The number of H-pyrrole nitrogens is 1. The summed E-state index contributed by atoms with van der Waals surface area (Å²) < 4.78 is 0. The molecule has 0 aliphatic carbocycles.